The van der Waals surface area contributed by atoms with Crippen LogP contribution in [0, 0.1) is 6.92 Å². The van der Waals surface area contributed by atoms with Crippen LogP contribution in [-0.4, -0.2) is 20.2 Å². The van der Waals surface area contributed by atoms with Crippen LogP contribution in [0.3, 0.4) is 0 Å². The molecule has 0 aromatic heterocycles. The molecule has 1 N–H and O–H groups in total. The summed E-state index contributed by atoms with van der Waals surface area (Å²) in [5, 5.41) is 2.11. The molecule has 0 saturated heterocycles. The molecule has 1 aliphatic rings. The molecular formula is C15H11NO5S. The SMILES string of the molecule is Cc1ccccc1OS(=O)(=O)c1ccc2c(c1)C(=O)NC2=O. The largest absolute Gasteiger partial charge is 0.379 e. The van der Waals surface area contributed by atoms with Crippen molar-refractivity contribution in [3.8, 4) is 5.75 Å². The van der Waals surface area contributed by atoms with E-state index in [0.29, 0.717) is 5.56 Å². The van der Waals surface area contributed by atoms with E-state index in [1.807, 2.05) is 0 Å². The zero-order valence-electron chi connectivity index (χ0n) is 11.5. The number of aryl methyl sites for hydroxylation is 1. The molecule has 0 fully saturated rings. The van der Waals surface area contributed by atoms with Crippen molar-refractivity contribution in [2.24, 2.45) is 0 Å². The number of imide groups is 1. The Bertz CT molecular complexity index is 902. The average molecular weight is 317 g/mol. The molecule has 3 rings (SSSR count). The number of hydrogen-bond acceptors (Lipinski definition) is 5. The lowest BCUT2D eigenvalue weighted by molar-refractivity contribution is 0.0879. The Morgan fingerprint density at radius 1 is 0.955 bits per heavy atom. The molecule has 112 valence electrons. The first-order chi connectivity index (χ1) is 10.4. The molecule has 6 nitrogen and oxygen atoms in total. The fraction of sp³-hybridized carbons (Fsp3) is 0.0667. The van der Waals surface area contributed by atoms with Crippen LogP contribution in [0.1, 0.15) is 26.3 Å². The molecule has 2 aromatic rings. The van der Waals surface area contributed by atoms with Gasteiger partial charge in [0.15, 0.2) is 0 Å². The monoisotopic (exact) mass is 317 g/mol. The van der Waals surface area contributed by atoms with Gasteiger partial charge in [-0.15, -0.1) is 0 Å². The molecule has 0 bridgehead atoms. The van der Waals surface area contributed by atoms with E-state index in [-0.39, 0.29) is 21.8 Å². The average Bonchev–Trinajstić information content (AvgIpc) is 2.76. The number of para-hydroxylation sites is 1. The maximum Gasteiger partial charge on any atom is 0.339 e. The third kappa shape index (κ3) is 2.35. The van der Waals surface area contributed by atoms with Crippen LogP contribution in [-0.2, 0) is 10.1 Å². The van der Waals surface area contributed by atoms with Crippen LogP contribution in [0.15, 0.2) is 47.4 Å². The minimum Gasteiger partial charge on any atom is -0.379 e. The molecule has 0 spiro atoms. The van der Waals surface area contributed by atoms with Gasteiger partial charge in [0.05, 0.1) is 11.1 Å². The van der Waals surface area contributed by atoms with Gasteiger partial charge in [-0.2, -0.15) is 8.42 Å². The third-order valence-electron chi connectivity index (χ3n) is 3.29. The molecule has 2 amide bonds. The highest BCUT2D eigenvalue weighted by molar-refractivity contribution is 7.87. The van der Waals surface area contributed by atoms with E-state index in [0.717, 1.165) is 6.07 Å². The smallest absolute Gasteiger partial charge is 0.339 e. The number of benzene rings is 2. The predicted molar refractivity (Wildman–Crippen MR) is 77.2 cm³/mol. The van der Waals surface area contributed by atoms with Gasteiger partial charge in [0.1, 0.15) is 10.6 Å². The van der Waals surface area contributed by atoms with Crippen molar-refractivity contribution in [1.29, 1.82) is 0 Å². The lowest BCUT2D eigenvalue weighted by atomic mass is 10.1. The van der Waals surface area contributed by atoms with Crippen molar-refractivity contribution in [2.45, 2.75) is 11.8 Å². The van der Waals surface area contributed by atoms with E-state index < -0.39 is 21.9 Å². The summed E-state index contributed by atoms with van der Waals surface area (Å²) in [5.74, 6) is -0.944. The van der Waals surface area contributed by atoms with Crippen molar-refractivity contribution in [3.63, 3.8) is 0 Å². The van der Waals surface area contributed by atoms with Crippen LogP contribution >= 0.6 is 0 Å². The fourth-order valence-corrected chi connectivity index (χ4v) is 3.14. The quantitative estimate of drug-likeness (QED) is 0.686. The van der Waals surface area contributed by atoms with Crippen molar-refractivity contribution in [2.75, 3.05) is 0 Å². The maximum atomic E-state index is 12.3. The highest BCUT2D eigenvalue weighted by Crippen LogP contribution is 2.25. The molecule has 0 atom stereocenters. The molecule has 0 aliphatic carbocycles. The summed E-state index contributed by atoms with van der Waals surface area (Å²) in [6.07, 6.45) is 0. The summed E-state index contributed by atoms with van der Waals surface area (Å²) in [5.41, 5.74) is 0.847. The fourth-order valence-electron chi connectivity index (χ4n) is 2.12. The Balaban J connectivity index is 2.01. The van der Waals surface area contributed by atoms with Gasteiger partial charge in [0, 0.05) is 0 Å². The molecule has 0 saturated carbocycles. The summed E-state index contributed by atoms with van der Waals surface area (Å²) in [4.78, 5) is 22.9. The standard InChI is InChI=1S/C15H11NO5S/c1-9-4-2-3-5-13(9)21-22(19,20)10-6-7-11-12(8-10)15(18)16-14(11)17/h2-8H,1H3,(H,16,17,18). The molecule has 1 aliphatic heterocycles. The van der Waals surface area contributed by atoms with Crippen LogP contribution < -0.4 is 9.50 Å². The van der Waals surface area contributed by atoms with E-state index >= 15 is 0 Å². The van der Waals surface area contributed by atoms with Gasteiger partial charge < -0.3 is 4.18 Å². The number of carbonyl (C=O) groups excluding carboxylic acids is 2. The molecule has 7 heteroatoms. The Morgan fingerprint density at radius 3 is 2.36 bits per heavy atom. The van der Waals surface area contributed by atoms with E-state index in [2.05, 4.69) is 5.32 Å². The molecule has 22 heavy (non-hydrogen) atoms. The number of amides is 2. The molecule has 0 radical (unpaired) electrons. The minimum atomic E-state index is -4.09. The minimum absolute atomic E-state index is 0.0273. The Morgan fingerprint density at radius 2 is 1.64 bits per heavy atom. The second-order valence-electron chi connectivity index (χ2n) is 4.79. The molecular weight excluding hydrogens is 306 g/mol. The highest BCUT2D eigenvalue weighted by Gasteiger charge is 2.29. The van der Waals surface area contributed by atoms with Crippen LogP contribution in [0.5, 0.6) is 5.75 Å². The number of fused-ring (bicyclic) bond motifs is 1. The van der Waals surface area contributed by atoms with Gasteiger partial charge in [0.25, 0.3) is 11.8 Å². The topological polar surface area (TPSA) is 89.5 Å². The van der Waals surface area contributed by atoms with Gasteiger partial charge in [-0.05, 0) is 36.8 Å². The lowest BCUT2D eigenvalue weighted by Gasteiger charge is -2.09. The van der Waals surface area contributed by atoms with E-state index in [4.69, 9.17) is 4.18 Å². The number of hydrogen-bond donors (Lipinski definition) is 1. The lowest BCUT2D eigenvalue weighted by Crippen LogP contribution is -2.19. The van der Waals surface area contributed by atoms with Crippen molar-refractivity contribution in [1.82, 2.24) is 5.32 Å². The van der Waals surface area contributed by atoms with Gasteiger partial charge in [-0.3, -0.25) is 14.9 Å². The Labute approximate surface area is 126 Å². The Hall–Kier alpha value is -2.67. The number of carbonyl (C=O) groups is 2. The number of nitrogens with one attached hydrogen (secondary N) is 1. The van der Waals surface area contributed by atoms with Crippen LogP contribution in [0.2, 0.25) is 0 Å². The van der Waals surface area contributed by atoms with E-state index in [1.165, 1.54) is 18.2 Å². The van der Waals surface area contributed by atoms with Crippen molar-refractivity contribution in [3.05, 3.63) is 59.2 Å². The van der Waals surface area contributed by atoms with Crippen LogP contribution in [0.25, 0.3) is 0 Å². The zero-order valence-corrected chi connectivity index (χ0v) is 12.3. The van der Waals surface area contributed by atoms with Gasteiger partial charge >= 0.3 is 10.1 Å². The molecule has 2 aromatic carbocycles. The highest BCUT2D eigenvalue weighted by atomic mass is 32.2. The third-order valence-corrected chi connectivity index (χ3v) is 4.52. The summed E-state index contributed by atoms with van der Waals surface area (Å²) >= 11 is 0. The van der Waals surface area contributed by atoms with Crippen molar-refractivity contribution >= 4 is 21.9 Å². The van der Waals surface area contributed by atoms with Gasteiger partial charge in [-0.25, -0.2) is 0 Å². The number of rotatable bonds is 3. The van der Waals surface area contributed by atoms with Gasteiger partial charge in [-0.1, -0.05) is 18.2 Å². The van der Waals surface area contributed by atoms with Crippen LogP contribution in [0.4, 0.5) is 0 Å². The van der Waals surface area contributed by atoms with Gasteiger partial charge in [0.2, 0.25) is 0 Å². The summed E-state index contributed by atoms with van der Waals surface area (Å²) in [6, 6.07) is 10.4. The van der Waals surface area contributed by atoms with E-state index in [9.17, 15) is 18.0 Å². The molecule has 0 unspecified atom stereocenters. The first-order valence-corrected chi connectivity index (χ1v) is 7.79. The first-order valence-electron chi connectivity index (χ1n) is 6.38. The summed E-state index contributed by atoms with van der Waals surface area (Å²) in [6.45, 7) is 1.72. The second kappa shape index (κ2) is 4.96. The normalized spacial score (nSPS) is 13.7. The first kappa shape index (κ1) is 14.3. The van der Waals surface area contributed by atoms with E-state index in [1.54, 1.807) is 25.1 Å². The van der Waals surface area contributed by atoms with Crippen molar-refractivity contribution < 1.29 is 22.2 Å². The molecule has 1 heterocycles. The zero-order chi connectivity index (χ0) is 15.9. The summed E-state index contributed by atoms with van der Waals surface area (Å²) < 4.78 is 29.7. The predicted octanol–water partition coefficient (Wildman–Crippen LogP) is 1.65. The second-order valence-corrected chi connectivity index (χ2v) is 6.34. The summed E-state index contributed by atoms with van der Waals surface area (Å²) in [7, 11) is -4.09. The Kier molecular flexibility index (Phi) is 3.22. The maximum absolute atomic E-state index is 12.3.